The molecule has 1 aliphatic carbocycles. The van der Waals surface area contributed by atoms with Gasteiger partial charge in [-0.15, -0.1) is 0 Å². The molecule has 0 aliphatic heterocycles. The number of para-hydroxylation sites is 1. The van der Waals surface area contributed by atoms with E-state index in [0.29, 0.717) is 17.9 Å². The molecular formula is C25H37IN2O5. The summed E-state index contributed by atoms with van der Waals surface area (Å²) in [6.07, 6.45) is 4.13. The summed E-state index contributed by atoms with van der Waals surface area (Å²) in [5.41, 5.74) is 0.449. The van der Waals surface area contributed by atoms with Gasteiger partial charge in [-0.3, -0.25) is 9.59 Å². The van der Waals surface area contributed by atoms with Crippen molar-refractivity contribution in [3.05, 3.63) is 39.5 Å². The summed E-state index contributed by atoms with van der Waals surface area (Å²) >= 11 is 2.17. The number of nitrogens with zero attached hydrogens (tertiary/aromatic N) is 1. The predicted octanol–water partition coefficient (Wildman–Crippen LogP) is 3.27. The van der Waals surface area contributed by atoms with Crippen LogP contribution in [0.1, 0.15) is 52.9 Å². The number of carbonyl (C=O) groups excluding carboxylic acids is 2. The highest BCUT2D eigenvalue weighted by Gasteiger charge is 2.40. The number of ether oxygens (including phenoxy) is 1. The number of aliphatic hydroxyl groups is 2. The first-order chi connectivity index (χ1) is 15.8. The van der Waals surface area contributed by atoms with Crippen molar-refractivity contribution in [1.82, 2.24) is 10.2 Å². The number of amides is 2. The number of carbonyl (C=O) groups is 2. The van der Waals surface area contributed by atoms with E-state index in [9.17, 15) is 14.7 Å². The smallest absolute Gasteiger partial charge is 0.247 e. The van der Waals surface area contributed by atoms with E-state index < -0.39 is 18.2 Å². The van der Waals surface area contributed by atoms with Gasteiger partial charge in [0.25, 0.3) is 0 Å². The third-order valence-corrected chi connectivity index (χ3v) is 6.64. The number of rotatable bonds is 12. The molecule has 1 aromatic carbocycles. The fourth-order valence-corrected chi connectivity index (χ4v) is 4.46. The summed E-state index contributed by atoms with van der Waals surface area (Å²) in [7, 11) is 0. The van der Waals surface area contributed by atoms with Crippen molar-refractivity contribution >= 4 is 34.4 Å². The molecule has 2 rings (SSSR count). The van der Waals surface area contributed by atoms with E-state index in [4.69, 9.17) is 9.84 Å². The van der Waals surface area contributed by atoms with E-state index in [1.807, 2.05) is 38.1 Å². The quantitative estimate of drug-likeness (QED) is 0.264. The van der Waals surface area contributed by atoms with Crippen LogP contribution in [0.2, 0.25) is 0 Å². The molecule has 0 aromatic heterocycles. The van der Waals surface area contributed by atoms with Gasteiger partial charge < -0.3 is 25.2 Å². The molecule has 3 N–H and O–H groups in total. The zero-order valence-corrected chi connectivity index (χ0v) is 22.0. The first-order valence-corrected chi connectivity index (χ1v) is 12.9. The fourth-order valence-electron chi connectivity index (χ4n) is 3.95. The molecule has 2 amide bonds. The van der Waals surface area contributed by atoms with Gasteiger partial charge in [-0.2, -0.15) is 0 Å². The molecule has 0 saturated heterocycles. The van der Waals surface area contributed by atoms with E-state index in [-0.39, 0.29) is 37.3 Å². The molecule has 1 aliphatic rings. The monoisotopic (exact) mass is 572 g/mol. The lowest BCUT2D eigenvalue weighted by atomic mass is 9.87. The van der Waals surface area contributed by atoms with Gasteiger partial charge in [-0.1, -0.05) is 52.2 Å². The minimum absolute atomic E-state index is 0.0411. The van der Waals surface area contributed by atoms with Crippen LogP contribution < -0.4 is 10.1 Å². The highest BCUT2D eigenvalue weighted by molar-refractivity contribution is 14.1. The number of aliphatic hydroxyl groups excluding tert-OH is 2. The largest absolute Gasteiger partial charge is 0.482 e. The molecule has 0 unspecified atom stereocenters. The van der Waals surface area contributed by atoms with Crippen LogP contribution in [0.3, 0.4) is 0 Å². The number of halogens is 1. The number of nitrogens with one attached hydrogen (secondary N) is 1. The highest BCUT2D eigenvalue weighted by Crippen LogP contribution is 2.30. The number of hydrogen-bond donors (Lipinski definition) is 3. The van der Waals surface area contributed by atoms with Crippen molar-refractivity contribution in [2.75, 3.05) is 19.7 Å². The SMILES string of the molecule is CCCCCCN(C(=O)C(C)C)[C@@H]1CC(C(=O)NCCO)=C[C@H](Oc2ccccc2I)[C@H]1O. The molecule has 8 heteroatoms. The van der Waals surface area contributed by atoms with Crippen molar-refractivity contribution in [3.8, 4) is 5.75 Å². The molecule has 1 aromatic rings. The Bertz CT molecular complexity index is 814. The Hall–Kier alpha value is -1.65. The molecular weight excluding hydrogens is 535 g/mol. The third-order valence-electron chi connectivity index (χ3n) is 5.74. The summed E-state index contributed by atoms with van der Waals surface area (Å²) in [5.74, 6) is 0.0232. The van der Waals surface area contributed by atoms with Crippen molar-refractivity contribution in [3.63, 3.8) is 0 Å². The summed E-state index contributed by atoms with van der Waals surface area (Å²) in [6.45, 7) is 6.33. The van der Waals surface area contributed by atoms with Crippen LogP contribution in [0.4, 0.5) is 0 Å². The number of hydrogen-bond acceptors (Lipinski definition) is 5. The molecule has 0 saturated carbocycles. The van der Waals surface area contributed by atoms with Crippen LogP contribution >= 0.6 is 22.6 Å². The first-order valence-electron chi connectivity index (χ1n) is 11.8. The minimum Gasteiger partial charge on any atom is -0.482 e. The summed E-state index contributed by atoms with van der Waals surface area (Å²) in [5, 5.41) is 23.1. The Morgan fingerprint density at radius 2 is 1.97 bits per heavy atom. The number of benzene rings is 1. The second-order valence-electron chi connectivity index (χ2n) is 8.69. The third kappa shape index (κ3) is 7.96. The Kier molecular flexibility index (Phi) is 11.6. The topological polar surface area (TPSA) is 99.1 Å². The molecule has 7 nitrogen and oxygen atoms in total. The van der Waals surface area contributed by atoms with Crippen LogP contribution in [0.25, 0.3) is 0 Å². The van der Waals surface area contributed by atoms with Gasteiger partial charge in [-0.05, 0) is 47.2 Å². The van der Waals surface area contributed by atoms with Gasteiger partial charge in [0.05, 0.1) is 16.2 Å². The van der Waals surface area contributed by atoms with Crippen LogP contribution in [0, 0.1) is 9.49 Å². The zero-order valence-electron chi connectivity index (χ0n) is 19.8. The molecule has 33 heavy (non-hydrogen) atoms. The average Bonchev–Trinajstić information content (AvgIpc) is 2.80. The second kappa shape index (κ2) is 13.9. The van der Waals surface area contributed by atoms with Crippen molar-refractivity contribution in [2.24, 2.45) is 5.92 Å². The molecule has 3 atom stereocenters. The van der Waals surface area contributed by atoms with Crippen molar-refractivity contribution < 1.29 is 24.5 Å². The lowest BCUT2D eigenvalue weighted by Gasteiger charge is -2.41. The van der Waals surface area contributed by atoms with Crippen LogP contribution in [-0.4, -0.2) is 64.9 Å². The standard InChI is InChI=1S/C25H37IN2O5/c1-4-5-6-9-13-28(25(32)17(2)3)20-15-18(24(31)27-12-14-29)16-22(23(20)30)33-21-11-8-7-10-19(21)26/h7-8,10-11,16-17,20,22-23,29-30H,4-6,9,12-15H2,1-3H3,(H,27,31)/t20-,22+,23+/m1/s1. The molecule has 0 heterocycles. The lowest BCUT2D eigenvalue weighted by molar-refractivity contribution is -0.141. The van der Waals surface area contributed by atoms with E-state index in [1.165, 1.54) is 0 Å². The molecule has 184 valence electrons. The van der Waals surface area contributed by atoms with Gasteiger partial charge >= 0.3 is 0 Å². The van der Waals surface area contributed by atoms with E-state index in [2.05, 4.69) is 34.8 Å². The maximum Gasteiger partial charge on any atom is 0.247 e. The van der Waals surface area contributed by atoms with Gasteiger partial charge in [-0.25, -0.2) is 0 Å². The molecule has 0 bridgehead atoms. The molecule has 0 fully saturated rings. The lowest BCUT2D eigenvalue weighted by Crippen LogP contribution is -2.56. The van der Waals surface area contributed by atoms with Gasteiger partial charge in [0.15, 0.2) is 0 Å². The van der Waals surface area contributed by atoms with E-state index in [1.54, 1.807) is 11.0 Å². The maximum atomic E-state index is 13.1. The van der Waals surface area contributed by atoms with Gasteiger partial charge in [0.2, 0.25) is 11.8 Å². The second-order valence-corrected chi connectivity index (χ2v) is 9.86. The van der Waals surface area contributed by atoms with Gasteiger partial charge in [0, 0.05) is 31.0 Å². The average molecular weight is 572 g/mol. The highest BCUT2D eigenvalue weighted by atomic mass is 127. The minimum atomic E-state index is -0.982. The van der Waals surface area contributed by atoms with E-state index >= 15 is 0 Å². The summed E-state index contributed by atoms with van der Waals surface area (Å²) < 4.78 is 7.03. The first kappa shape index (κ1) is 27.6. The Morgan fingerprint density at radius 3 is 2.61 bits per heavy atom. The van der Waals surface area contributed by atoms with Gasteiger partial charge in [0.1, 0.15) is 18.0 Å². The Balaban J connectivity index is 2.35. The fraction of sp³-hybridized carbons (Fsp3) is 0.600. The summed E-state index contributed by atoms with van der Waals surface area (Å²) in [4.78, 5) is 27.6. The normalized spacial score (nSPS) is 20.3. The predicted molar refractivity (Wildman–Crippen MR) is 137 cm³/mol. The summed E-state index contributed by atoms with van der Waals surface area (Å²) in [6, 6.07) is 6.90. The Labute approximate surface area is 210 Å². The molecule has 0 spiro atoms. The van der Waals surface area contributed by atoms with Crippen LogP contribution in [-0.2, 0) is 9.59 Å². The Morgan fingerprint density at radius 1 is 1.24 bits per heavy atom. The van der Waals surface area contributed by atoms with Crippen LogP contribution in [0.15, 0.2) is 35.9 Å². The molecule has 0 radical (unpaired) electrons. The van der Waals surface area contributed by atoms with E-state index in [0.717, 1.165) is 29.3 Å². The zero-order chi connectivity index (χ0) is 24.4. The maximum absolute atomic E-state index is 13.1. The van der Waals surface area contributed by atoms with Crippen LogP contribution in [0.5, 0.6) is 5.75 Å². The van der Waals surface area contributed by atoms with Crippen molar-refractivity contribution in [2.45, 2.75) is 71.1 Å². The van der Waals surface area contributed by atoms with Crippen molar-refractivity contribution in [1.29, 1.82) is 0 Å². The number of unbranched alkanes of at least 4 members (excludes halogenated alkanes) is 3.